The summed E-state index contributed by atoms with van der Waals surface area (Å²) in [5.41, 5.74) is 3.34. The largest absolute Gasteiger partial charge is 0.516 e. The van der Waals surface area contributed by atoms with Crippen molar-refractivity contribution in [2.75, 3.05) is 0 Å². The Bertz CT molecular complexity index is 642. The highest BCUT2D eigenvalue weighted by Gasteiger charge is 2.53. The fourth-order valence-corrected chi connectivity index (χ4v) is 3.07. The van der Waals surface area contributed by atoms with Crippen LogP contribution in [-0.2, 0) is 9.31 Å². The highest BCUT2D eigenvalue weighted by Crippen LogP contribution is 2.39. The summed E-state index contributed by atoms with van der Waals surface area (Å²) in [7, 11) is -0.472. The van der Waals surface area contributed by atoms with Crippen LogP contribution in [0.25, 0.3) is 0 Å². The number of nitrogens with zero attached hydrogens (tertiary/aromatic N) is 2. The second-order valence-electron chi connectivity index (χ2n) is 8.88. The predicted molar refractivity (Wildman–Crippen MR) is 122 cm³/mol. The van der Waals surface area contributed by atoms with E-state index in [0.717, 1.165) is 17.7 Å². The quantitative estimate of drug-likeness (QED) is 0.514. The normalized spacial score (nSPS) is 22.6. The molecule has 0 saturated carbocycles. The zero-order chi connectivity index (χ0) is 21.9. The molecule has 2 rings (SSSR count). The lowest BCUT2D eigenvalue weighted by Crippen LogP contribution is -2.41. The Morgan fingerprint density at radius 2 is 1.68 bits per heavy atom. The Hall–Kier alpha value is -1.33. The first-order valence-electron chi connectivity index (χ1n) is 10.7. The van der Waals surface area contributed by atoms with Crippen LogP contribution in [0.2, 0.25) is 0 Å². The summed E-state index contributed by atoms with van der Waals surface area (Å²) in [5, 5.41) is 6.66. The maximum Gasteiger partial charge on any atom is 0.516 e. The van der Waals surface area contributed by atoms with Gasteiger partial charge in [0.2, 0.25) is 0 Å². The fraction of sp³-hybridized carbons (Fsp3) is 0.696. The van der Waals surface area contributed by atoms with Crippen molar-refractivity contribution in [2.24, 2.45) is 16.9 Å². The third-order valence-electron chi connectivity index (χ3n) is 6.00. The molecule has 28 heavy (non-hydrogen) atoms. The van der Waals surface area contributed by atoms with Gasteiger partial charge in [-0.05, 0) is 65.0 Å². The van der Waals surface area contributed by atoms with E-state index in [4.69, 9.17) is 14.4 Å². The molecule has 0 aromatic heterocycles. The van der Waals surface area contributed by atoms with Crippen molar-refractivity contribution in [1.82, 2.24) is 5.01 Å². The van der Waals surface area contributed by atoms with E-state index in [9.17, 15) is 0 Å². The van der Waals surface area contributed by atoms with Crippen molar-refractivity contribution in [2.45, 2.75) is 93.8 Å². The van der Waals surface area contributed by atoms with Gasteiger partial charge in [-0.25, -0.2) is 5.01 Å². The zero-order valence-electron chi connectivity index (χ0n) is 20.0. The third kappa shape index (κ3) is 5.18. The van der Waals surface area contributed by atoms with E-state index in [1.807, 2.05) is 25.1 Å². The van der Waals surface area contributed by atoms with Crippen molar-refractivity contribution in [3.05, 3.63) is 35.7 Å². The second-order valence-corrected chi connectivity index (χ2v) is 8.88. The molecule has 0 aromatic carbocycles. The molecule has 2 aliphatic rings. The van der Waals surface area contributed by atoms with Gasteiger partial charge in [0.15, 0.2) is 0 Å². The second kappa shape index (κ2) is 9.45. The summed E-state index contributed by atoms with van der Waals surface area (Å²) in [6, 6.07) is 0. The smallest absolute Gasteiger partial charge is 0.398 e. The minimum absolute atomic E-state index is 0.383. The van der Waals surface area contributed by atoms with Gasteiger partial charge in [0.1, 0.15) is 0 Å². The van der Waals surface area contributed by atoms with E-state index in [1.165, 1.54) is 11.1 Å². The van der Waals surface area contributed by atoms with Gasteiger partial charge in [-0.1, -0.05) is 53.2 Å². The van der Waals surface area contributed by atoms with Crippen LogP contribution in [0.1, 0.15) is 82.6 Å². The van der Waals surface area contributed by atoms with Gasteiger partial charge in [-0.3, -0.25) is 0 Å². The van der Waals surface area contributed by atoms with Gasteiger partial charge in [-0.2, -0.15) is 5.10 Å². The molecule has 0 radical (unpaired) electrons. The fourth-order valence-electron chi connectivity index (χ4n) is 3.07. The SMILES string of the molecule is C=C1C(C(C)C(C)CC)=CC(B2OC(C)(C)C(C)(C)O2)=NN1C=C(C)C.CC. The molecule has 0 spiro atoms. The van der Waals surface area contributed by atoms with Gasteiger partial charge >= 0.3 is 7.12 Å². The molecule has 0 bridgehead atoms. The van der Waals surface area contributed by atoms with E-state index in [-0.39, 0.29) is 11.2 Å². The van der Waals surface area contributed by atoms with Gasteiger partial charge < -0.3 is 9.31 Å². The molecule has 2 unspecified atom stereocenters. The van der Waals surface area contributed by atoms with Crippen LogP contribution < -0.4 is 0 Å². The maximum absolute atomic E-state index is 6.23. The first-order valence-corrected chi connectivity index (χ1v) is 10.7. The van der Waals surface area contributed by atoms with E-state index in [0.29, 0.717) is 11.8 Å². The summed E-state index contributed by atoms with van der Waals surface area (Å²) in [6.07, 6.45) is 5.26. The Balaban J connectivity index is 0.00000190. The van der Waals surface area contributed by atoms with Gasteiger partial charge in [0.25, 0.3) is 0 Å². The number of allylic oxidation sites excluding steroid dienone is 3. The number of rotatable bonds is 5. The number of hydrogen-bond donors (Lipinski definition) is 0. The monoisotopic (exact) mass is 388 g/mol. The van der Waals surface area contributed by atoms with Gasteiger partial charge in [0, 0.05) is 6.20 Å². The van der Waals surface area contributed by atoms with Crippen LogP contribution in [-0.4, -0.2) is 28.9 Å². The third-order valence-corrected chi connectivity index (χ3v) is 6.00. The molecule has 2 aliphatic heterocycles. The predicted octanol–water partition coefficient (Wildman–Crippen LogP) is 6.36. The lowest BCUT2D eigenvalue weighted by atomic mass is 9.76. The van der Waals surface area contributed by atoms with Crippen molar-refractivity contribution in [3.63, 3.8) is 0 Å². The summed E-state index contributed by atoms with van der Waals surface area (Å²) < 4.78 is 12.5. The minimum atomic E-state index is -0.472. The van der Waals surface area contributed by atoms with Crippen LogP contribution in [0.15, 0.2) is 40.8 Å². The van der Waals surface area contributed by atoms with Crippen molar-refractivity contribution in [3.8, 4) is 0 Å². The van der Waals surface area contributed by atoms with Crippen LogP contribution in [0.4, 0.5) is 0 Å². The summed E-state index contributed by atoms with van der Waals surface area (Å²) >= 11 is 0. The first kappa shape index (κ1) is 24.7. The Morgan fingerprint density at radius 3 is 2.11 bits per heavy atom. The molecule has 4 nitrogen and oxygen atoms in total. The van der Waals surface area contributed by atoms with Crippen LogP contribution in [0.5, 0.6) is 0 Å². The average Bonchev–Trinajstić information content (AvgIpc) is 2.84. The summed E-state index contributed by atoms with van der Waals surface area (Å²) in [5.74, 6) is 0.942. The Kier molecular flexibility index (Phi) is 8.34. The highest BCUT2D eigenvalue weighted by molar-refractivity contribution is 6.84. The van der Waals surface area contributed by atoms with Crippen molar-refractivity contribution in [1.29, 1.82) is 0 Å². The Morgan fingerprint density at radius 1 is 1.18 bits per heavy atom. The van der Waals surface area contributed by atoms with Gasteiger partial charge in [-0.15, -0.1) is 0 Å². The van der Waals surface area contributed by atoms with Crippen LogP contribution in [0, 0.1) is 11.8 Å². The number of hydrazone groups is 1. The molecular formula is C23H41BN2O2. The summed E-state index contributed by atoms with van der Waals surface area (Å²) in [4.78, 5) is 0. The van der Waals surface area contributed by atoms with Crippen molar-refractivity contribution < 1.29 is 9.31 Å². The molecular weight excluding hydrogens is 347 g/mol. The molecule has 1 saturated heterocycles. The highest BCUT2D eigenvalue weighted by atomic mass is 16.7. The average molecular weight is 388 g/mol. The zero-order valence-corrected chi connectivity index (χ0v) is 20.0. The lowest BCUT2D eigenvalue weighted by molar-refractivity contribution is 0.00578. The molecule has 0 aliphatic carbocycles. The van der Waals surface area contributed by atoms with Crippen molar-refractivity contribution >= 4 is 12.7 Å². The van der Waals surface area contributed by atoms with Crippen LogP contribution >= 0.6 is 0 Å². The molecule has 5 heteroatoms. The van der Waals surface area contributed by atoms with E-state index < -0.39 is 7.12 Å². The molecule has 2 heterocycles. The maximum atomic E-state index is 6.23. The first-order chi connectivity index (χ1) is 12.9. The minimum Gasteiger partial charge on any atom is -0.398 e. The molecule has 0 N–H and O–H groups in total. The topological polar surface area (TPSA) is 34.1 Å². The molecule has 2 atom stereocenters. The molecule has 1 fully saturated rings. The standard InChI is InChI=1S/C21H35BN2O2.C2H6/c1-11-15(4)16(5)18-12-19(23-24(17(18)6)13-14(2)3)22-25-20(7,8)21(9,10)26-22;1-2/h12-13,15-16H,6,11H2,1-5,7-10H3;1-2H3. The van der Waals surface area contributed by atoms with E-state index >= 15 is 0 Å². The van der Waals surface area contributed by atoms with Crippen LogP contribution in [0.3, 0.4) is 0 Å². The molecule has 0 aromatic rings. The van der Waals surface area contributed by atoms with E-state index in [1.54, 1.807) is 0 Å². The Labute approximate surface area is 173 Å². The molecule has 158 valence electrons. The van der Waals surface area contributed by atoms with Gasteiger partial charge in [0.05, 0.1) is 22.5 Å². The summed E-state index contributed by atoms with van der Waals surface area (Å²) in [6.45, 7) is 27.5. The number of hydrogen-bond acceptors (Lipinski definition) is 4. The molecule has 0 amide bonds. The lowest BCUT2D eigenvalue weighted by Gasteiger charge is -2.32. The van der Waals surface area contributed by atoms with E-state index in [2.05, 4.69) is 75.0 Å².